The Morgan fingerprint density at radius 3 is 2.24 bits per heavy atom. The van der Waals surface area contributed by atoms with Gasteiger partial charge < -0.3 is 5.73 Å². The van der Waals surface area contributed by atoms with Crippen molar-refractivity contribution >= 4 is 12.1 Å². The topological polar surface area (TPSA) is 91.6 Å². The van der Waals surface area contributed by atoms with Crippen molar-refractivity contribution in [1.29, 1.82) is 0 Å². The van der Waals surface area contributed by atoms with Crippen LogP contribution in [0.5, 0.6) is 0 Å². The summed E-state index contributed by atoms with van der Waals surface area (Å²) in [6.45, 7) is 0. The van der Waals surface area contributed by atoms with Crippen LogP contribution in [-0.2, 0) is 30.6 Å². The first-order valence-electron chi connectivity index (χ1n) is 9.52. The maximum atomic E-state index is 13.1. The molecule has 0 aliphatic heterocycles. The number of aryl methyl sites for hydroxylation is 2. The quantitative estimate of drug-likeness (QED) is 0.415. The molecule has 2 heterocycles. The molecule has 2 N–H and O–H groups in total. The number of benzene rings is 1. The van der Waals surface area contributed by atoms with Crippen LogP contribution in [0.3, 0.4) is 0 Å². The fourth-order valence-electron chi connectivity index (χ4n) is 3.05. The summed E-state index contributed by atoms with van der Waals surface area (Å²) < 4.78 is 81.1. The van der Waals surface area contributed by atoms with Crippen LogP contribution in [0.15, 0.2) is 42.5 Å². The maximum absolute atomic E-state index is 13.1. The second-order valence-corrected chi connectivity index (χ2v) is 7.24. The van der Waals surface area contributed by atoms with Crippen LogP contribution in [0.25, 0.3) is 17.6 Å². The van der Waals surface area contributed by atoms with E-state index < -0.39 is 35.0 Å². The average Bonchev–Trinajstić information content (AvgIpc) is 3.34. The molecule has 1 amide bonds. The average molecular weight is 472 g/mol. The molecule has 0 saturated carbocycles. The lowest BCUT2D eigenvalue weighted by Gasteiger charge is -2.13. The first-order chi connectivity index (χ1) is 15.3. The number of hydrogen-bond acceptors (Lipinski definition) is 4. The normalized spacial score (nSPS) is 12.9. The minimum atomic E-state index is -4.99. The monoisotopic (exact) mass is 472 g/mol. The Kier molecular flexibility index (Phi) is 6.60. The maximum Gasteiger partial charge on any atom is 0.416 e. The molecule has 3 rings (SSSR count). The van der Waals surface area contributed by atoms with Crippen LogP contribution in [0.1, 0.15) is 29.5 Å². The fourth-order valence-corrected chi connectivity index (χ4v) is 3.05. The third-order valence-corrected chi connectivity index (χ3v) is 4.63. The number of hydrogen-bond donors (Lipinski definition) is 1. The lowest BCUT2D eigenvalue weighted by atomic mass is 10.0. The van der Waals surface area contributed by atoms with Crippen molar-refractivity contribution in [3.63, 3.8) is 0 Å². The highest BCUT2D eigenvalue weighted by atomic mass is 19.4. The van der Waals surface area contributed by atoms with Crippen molar-refractivity contribution in [1.82, 2.24) is 24.5 Å². The molecule has 33 heavy (non-hydrogen) atoms. The van der Waals surface area contributed by atoms with Crippen molar-refractivity contribution in [3.05, 3.63) is 59.2 Å². The SMILES string of the molecule is Cn1cc(CCC/C(=C\n2cnc(-c3cc(C(F)(F)F)cc(C(F)(F)F)c3)n2)C(N)=O)cn1. The van der Waals surface area contributed by atoms with Gasteiger partial charge in [-0.2, -0.15) is 31.4 Å². The van der Waals surface area contributed by atoms with Gasteiger partial charge in [-0.15, -0.1) is 5.10 Å². The van der Waals surface area contributed by atoms with E-state index >= 15 is 0 Å². The molecule has 1 aromatic carbocycles. The van der Waals surface area contributed by atoms with Gasteiger partial charge in [-0.05, 0) is 43.0 Å². The number of carbonyl (C=O) groups is 1. The molecule has 0 unspecified atom stereocenters. The molecule has 0 saturated heterocycles. The summed E-state index contributed by atoms with van der Waals surface area (Å²) in [6.07, 6.45) is -2.76. The van der Waals surface area contributed by atoms with Gasteiger partial charge in [-0.1, -0.05) is 0 Å². The van der Waals surface area contributed by atoms with E-state index in [2.05, 4.69) is 15.2 Å². The summed E-state index contributed by atoms with van der Waals surface area (Å²) in [5.41, 5.74) is 3.07. The van der Waals surface area contributed by atoms with Crippen molar-refractivity contribution in [2.75, 3.05) is 0 Å². The first kappa shape index (κ1) is 24.0. The zero-order valence-corrected chi connectivity index (χ0v) is 17.2. The number of aromatic nitrogens is 5. The van der Waals surface area contributed by atoms with E-state index in [4.69, 9.17) is 5.73 Å². The standard InChI is InChI=1S/C20H18F6N6O/c1-31-9-12(8-29-31)3-2-4-13(17(27)33)10-32-11-28-18(30-32)14-5-15(19(21,22)23)7-16(6-14)20(24,25)26/h5-11H,2-4H2,1H3,(H2,27,33)/b13-10+. The van der Waals surface area contributed by atoms with Gasteiger partial charge in [0.05, 0.1) is 17.3 Å². The number of primary amides is 1. The molecule has 0 bridgehead atoms. The molecule has 2 aromatic heterocycles. The summed E-state index contributed by atoms with van der Waals surface area (Å²) in [4.78, 5) is 15.5. The van der Waals surface area contributed by atoms with E-state index in [1.54, 1.807) is 17.9 Å². The Morgan fingerprint density at radius 1 is 1.09 bits per heavy atom. The van der Waals surface area contributed by atoms with Crippen LogP contribution in [0.2, 0.25) is 0 Å². The Labute approximate surface area is 183 Å². The van der Waals surface area contributed by atoms with Gasteiger partial charge in [0.15, 0.2) is 5.82 Å². The number of rotatable bonds is 7. The Bertz CT molecular complexity index is 1140. The lowest BCUT2D eigenvalue weighted by Crippen LogP contribution is -2.15. The Hall–Kier alpha value is -3.64. The second kappa shape index (κ2) is 9.08. The summed E-state index contributed by atoms with van der Waals surface area (Å²) >= 11 is 0. The second-order valence-electron chi connectivity index (χ2n) is 7.24. The summed E-state index contributed by atoms with van der Waals surface area (Å²) in [7, 11) is 1.77. The van der Waals surface area contributed by atoms with E-state index in [1.807, 2.05) is 6.20 Å². The molecule has 13 heteroatoms. The van der Waals surface area contributed by atoms with Crippen LogP contribution >= 0.6 is 0 Å². The molecule has 0 aliphatic rings. The molecule has 7 nitrogen and oxygen atoms in total. The van der Waals surface area contributed by atoms with Crippen LogP contribution in [0.4, 0.5) is 26.3 Å². The van der Waals surface area contributed by atoms with E-state index in [9.17, 15) is 31.1 Å². The minimum Gasteiger partial charge on any atom is -0.366 e. The van der Waals surface area contributed by atoms with Gasteiger partial charge in [0.25, 0.3) is 0 Å². The number of amides is 1. The summed E-state index contributed by atoms with van der Waals surface area (Å²) in [5.74, 6) is -1.11. The van der Waals surface area contributed by atoms with Gasteiger partial charge in [0.2, 0.25) is 5.91 Å². The lowest BCUT2D eigenvalue weighted by molar-refractivity contribution is -0.143. The van der Waals surface area contributed by atoms with Crippen molar-refractivity contribution in [2.45, 2.75) is 31.6 Å². The molecule has 0 radical (unpaired) electrons. The van der Waals surface area contributed by atoms with Crippen LogP contribution in [0, 0.1) is 0 Å². The molecule has 0 fully saturated rings. The fraction of sp³-hybridized carbons (Fsp3) is 0.300. The Balaban J connectivity index is 1.85. The minimum absolute atomic E-state index is 0.0217. The van der Waals surface area contributed by atoms with Crippen molar-refractivity contribution in [3.8, 4) is 11.4 Å². The van der Waals surface area contributed by atoms with Gasteiger partial charge in [0, 0.05) is 30.6 Å². The van der Waals surface area contributed by atoms with E-state index in [1.165, 1.54) is 6.20 Å². The zero-order valence-electron chi connectivity index (χ0n) is 17.2. The molecular formula is C20H18F6N6O. The van der Waals surface area contributed by atoms with Crippen molar-refractivity contribution < 1.29 is 31.1 Å². The van der Waals surface area contributed by atoms with E-state index in [0.29, 0.717) is 25.0 Å². The highest BCUT2D eigenvalue weighted by Gasteiger charge is 2.37. The first-order valence-corrected chi connectivity index (χ1v) is 9.52. The molecule has 0 spiro atoms. The molecule has 3 aromatic rings. The number of halogens is 6. The van der Waals surface area contributed by atoms with Crippen LogP contribution in [-0.4, -0.2) is 30.5 Å². The molecule has 0 aliphatic carbocycles. The number of nitrogens with zero attached hydrogens (tertiary/aromatic N) is 5. The third-order valence-electron chi connectivity index (χ3n) is 4.63. The number of alkyl halides is 6. The highest BCUT2D eigenvalue weighted by Crippen LogP contribution is 2.38. The smallest absolute Gasteiger partial charge is 0.366 e. The third kappa shape index (κ3) is 6.20. The zero-order chi connectivity index (χ0) is 24.4. The number of nitrogens with two attached hydrogens (primary N) is 1. The van der Waals surface area contributed by atoms with Gasteiger partial charge in [-0.3, -0.25) is 9.48 Å². The predicted octanol–water partition coefficient (Wildman–Crippen LogP) is 4.07. The Morgan fingerprint density at radius 2 is 1.73 bits per heavy atom. The number of carbonyl (C=O) groups excluding carboxylic acids is 1. The van der Waals surface area contributed by atoms with Gasteiger partial charge in [0.1, 0.15) is 6.33 Å². The predicted molar refractivity (Wildman–Crippen MR) is 105 cm³/mol. The highest BCUT2D eigenvalue weighted by molar-refractivity contribution is 5.94. The van der Waals surface area contributed by atoms with E-state index in [-0.39, 0.29) is 23.9 Å². The molecule has 0 atom stereocenters. The molecular weight excluding hydrogens is 454 g/mol. The summed E-state index contributed by atoms with van der Waals surface area (Å²) in [6, 6.07) is 1.08. The van der Waals surface area contributed by atoms with Crippen LogP contribution < -0.4 is 5.73 Å². The molecule has 176 valence electrons. The van der Waals surface area contributed by atoms with Gasteiger partial charge in [-0.25, -0.2) is 9.67 Å². The van der Waals surface area contributed by atoms with Crippen molar-refractivity contribution in [2.24, 2.45) is 12.8 Å². The van der Waals surface area contributed by atoms with E-state index in [0.717, 1.165) is 16.6 Å². The summed E-state index contributed by atoms with van der Waals surface area (Å²) in [5, 5.41) is 7.93. The largest absolute Gasteiger partial charge is 0.416 e. The van der Waals surface area contributed by atoms with Gasteiger partial charge >= 0.3 is 12.4 Å².